The minimum atomic E-state index is 0.950. The molecule has 0 atom stereocenters. The first-order valence-corrected chi connectivity index (χ1v) is 7.13. The highest BCUT2D eigenvalue weighted by Crippen LogP contribution is 2.28. The first kappa shape index (κ1) is 11.5. The first-order valence-electron chi connectivity index (χ1n) is 7.13. The third kappa shape index (κ3) is 1.86. The van der Waals surface area contributed by atoms with E-state index in [1.54, 1.807) is 0 Å². The fourth-order valence-electron chi connectivity index (χ4n) is 2.90. The Bertz CT molecular complexity index is 743. The van der Waals surface area contributed by atoms with Crippen molar-refractivity contribution in [2.24, 2.45) is 0 Å². The van der Waals surface area contributed by atoms with E-state index in [9.17, 15) is 0 Å². The van der Waals surface area contributed by atoms with Gasteiger partial charge < -0.3 is 10.3 Å². The lowest BCUT2D eigenvalue weighted by Crippen LogP contribution is -2.11. The van der Waals surface area contributed by atoms with Crippen molar-refractivity contribution < 1.29 is 0 Å². The second-order valence-corrected chi connectivity index (χ2v) is 5.51. The molecule has 2 aromatic carbocycles. The molecule has 3 aromatic rings. The summed E-state index contributed by atoms with van der Waals surface area (Å²) in [7, 11) is 0. The Morgan fingerprint density at radius 1 is 1.15 bits per heavy atom. The second-order valence-electron chi connectivity index (χ2n) is 5.51. The number of hydrogen-bond acceptors (Lipinski definition) is 2. The monoisotopic (exact) mass is 263 g/mol. The molecule has 2 N–H and O–H groups in total. The lowest BCUT2D eigenvalue weighted by molar-refractivity contribution is 0.831. The molecule has 0 unspecified atom stereocenters. The smallest absolute Gasteiger partial charge is 0.138 e. The molecule has 0 saturated carbocycles. The van der Waals surface area contributed by atoms with E-state index in [0.29, 0.717) is 0 Å². The largest absolute Gasteiger partial charge is 0.385 e. The molecule has 0 amide bonds. The molecule has 0 bridgehead atoms. The summed E-state index contributed by atoms with van der Waals surface area (Å²) < 4.78 is 0. The van der Waals surface area contributed by atoms with Gasteiger partial charge in [0.15, 0.2) is 0 Å². The van der Waals surface area contributed by atoms with Crippen LogP contribution in [-0.2, 0) is 6.42 Å². The van der Waals surface area contributed by atoms with Gasteiger partial charge in [-0.15, -0.1) is 0 Å². The molecule has 1 aromatic heterocycles. The molecule has 0 radical (unpaired) electrons. The zero-order valence-corrected chi connectivity index (χ0v) is 11.5. The van der Waals surface area contributed by atoms with Crippen LogP contribution in [0.25, 0.3) is 22.4 Å². The molecule has 1 aliphatic rings. The fourth-order valence-corrected chi connectivity index (χ4v) is 2.90. The van der Waals surface area contributed by atoms with Crippen LogP contribution in [0, 0.1) is 6.92 Å². The van der Waals surface area contributed by atoms with Crippen LogP contribution in [0.4, 0.5) is 5.69 Å². The standard InChI is InChI=1S/C17H17N3/c1-11-4-2-5-13(8-11)17-19-15-9-12-6-3-7-18-14(12)10-16(15)20-17/h2,4-5,8-10,18H,3,6-7H2,1H3,(H,19,20). The van der Waals surface area contributed by atoms with Gasteiger partial charge in [-0.25, -0.2) is 4.98 Å². The van der Waals surface area contributed by atoms with E-state index >= 15 is 0 Å². The Labute approximate surface area is 118 Å². The molecule has 20 heavy (non-hydrogen) atoms. The Hall–Kier alpha value is -2.29. The van der Waals surface area contributed by atoms with Crippen molar-refractivity contribution in [1.29, 1.82) is 0 Å². The van der Waals surface area contributed by atoms with Gasteiger partial charge in [0.1, 0.15) is 5.82 Å². The molecule has 100 valence electrons. The number of nitrogens with zero attached hydrogens (tertiary/aromatic N) is 1. The third-order valence-corrected chi connectivity index (χ3v) is 3.94. The van der Waals surface area contributed by atoms with Crippen molar-refractivity contribution in [3.05, 3.63) is 47.5 Å². The number of aromatic amines is 1. The van der Waals surface area contributed by atoms with Crippen molar-refractivity contribution in [2.45, 2.75) is 19.8 Å². The van der Waals surface area contributed by atoms with Crippen molar-refractivity contribution in [3.8, 4) is 11.4 Å². The Morgan fingerprint density at radius 2 is 2.10 bits per heavy atom. The van der Waals surface area contributed by atoms with Crippen molar-refractivity contribution >= 4 is 16.7 Å². The summed E-state index contributed by atoms with van der Waals surface area (Å²) in [5, 5.41) is 3.46. The van der Waals surface area contributed by atoms with Crippen LogP contribution in [-0.4, -0.2) is 16.5 Å². The highest BCUT2D eigenvalue weighted by Gasteiger charge is 2.12. The molecule has 0 fully saturated rings. The summed E-state index contributed by atoms with van der Waals surface area (Å²) >= 11 is 0. The predicted octanol–water partition coefficient (Wildman–Crippen LogP) is 3.90. The maximum absolute atomic E-state index is 4.74. The third-order valence-electron chi connectivity index (χ3n) is 3.94. The number of aryl methyl sites for hydroxylation is 2. The molecule has 4 rings (SSSR count). The molecule has 3 heteroatoms. The number of fused-ring (bicyclic) bond motifs is 2. The number of anilines is 1. The van der Waals surface area contributed by atoms with Gasteiger partial charge in [-0.05, 0) is 43.5 Å². The lowest BCUT2D eigenvalue weighted by Gasteiger charge is -2.17. The maximum atomic E-state index is 4.74. The van der Waals surface area contributed by atoms with Gasteiger partial charge in [-0.1, -0.05) is 23.8 Å². The summed E-state index contributed by atoms with van der Waals surface area (Å²) in [6.07, 6.45) is 2.36. The van der Waals surface area contributed by atoms with Crippen molar-refractivity contribution in [1.82, 2.24) is 9.97 Å². The highest BCUT2D eigenvalue weighted by molar-refractivity contribution is 5.84. The Kier molecular flexibility index (Phi) is 2.52. The van der Waals surface area contributed by atoms with Gasteiger partial charge in [0, 0.05) is 17.8 Å². The SMILES string of the molecule is Cc1cccc(-c2nc3cc4c(cc3[nH]2)CCCN4)c1. The number of benzene rings is 2. The maximum Gasteiger partial charge on any atom is 0.138 e. The number of hydrogen-bond donors (Lipinski definition) is 2. The molecule has 0 aliphatic carbocycles. The quantitative estimate of drug-likeness (QED) is 0.699. The highest BCUT2D eigenvalue weighted by atomic mass is 14.9. The number of imidazole rings is 1. The van der Waals surface area contributed by atoms with Crippen LogP contribution in [0.5, 0.6) is 0 Å². The van der Waals surface area contributed by atoms with E-state index in [1.807, 2.05) is 0 Å². The number of H-pyrrole nitrogens is 1. The zero-order valence-electron chi connectivity index (χ0n) is 11.5. The molecule has 3 nitrogen and oxygen atoms in total. The van der Waals surface area contributed by atoms with Crippen LogP contribution in [0.3, 0.4) is 0 Å². The van der Waals surface area contributed by atoms with Gasteiger partial charge in [0.2, 0.25) is 0 Å². The van der Waals surface area contributed by atoms with Gasteiger partial charge in [0.05, 0.1) is 11.0 Å². The number of aromatic nitrogens is 2. The molecule has 0 spiro atoms. The average molecular weight is 263 g/mol. The van der Waals surface area contributed by atoms with Gasteiger partial charge in [0.25, 0.3) is 0 Å². The summed E-state index contributed by atoms with van der Waals surface area (Å²) in [4.78, 5) is 8.19. The summed E-state index contributed by atoms with van der Waals surface area (Å²) in [6, 6.07) is 12.8. The second kappa shape index (κ2) is 4.37. The van der Waals surface area contributed by atoms with Crippen molar-refractivity contribution in [2.75, 3.05) is 11.9 Å². The molecule has 0 saturated heterocycles. The lowest BCUT2D eigenvalue weighted by atomic mass is 10.0. The Balaban J connectivity index is 1.86. The van der Waals surface area contributed by atoms with Gasteiger partial charge in [-0.2, -0.15) is 0 Å². The topological polar surface area (TPSA) is 40.7 Å². The molecular weight excluding hydrogens is 246 g/mol. The van der Waals surface area contributed by atoms with Crippen LogP contribution in [0.2, 0.25) is 0 Å². The fraction of sp³-hybridized carbons (Fsp3) is 0.235. The summed E-state index contributed by atoms with van der Waals surface area (Å²) in [6.45, 7) is 3.17. The molecule has 2 heterocycles. The summed E-state index contributed by atoms with van der Waals surface area (Å²) in [5.41, 5.74) is 7.20. The minimum Gasteiger partial charge on any atom is -0.385 e. The predicted molar refractivity (Wildman–Crippen MR) is 83.1 cm³/mol. The zero-order chi connectivity index (χ0) is 13.5. The minimum absolute atomic E-state index is 0.950. The average Bonchev–Trinajstić information content (AvgIpc) is 2.87. The van der Waals surface area contributed by atoms with Crippen LogP contribution in [0.15, 0.2) is 36.4 Å². The first-order chi connectivity index (χ1) is 9.79. The van der Waals surface area contributed by atoms with E-state index < -0.39 is 0 Å². The normalized spacial score (nSPS) is 14.1. The number of rotatable bonds is 1. The van der Waals surface area contributed by atoms with Crippen LogP contribution in [0.1, 0.15) is 17.5 Å². The van der Waals surface area contributed by atoms with E-state index in [4.69, 9.17) is 4.98 Å². The van der Waals surface area contributed by atoms with E-state index in [1.165, 1.54) is 23.2 Å². The number of nitrogens with one attached hydrogen (secondary N) is 2. The van der Waals surface area contributed by atoms with Gasteiger partial charge in [-0.3, -0.25) is 0 Å². The van der Waals surface area contributed by atoms with Crippen molar-refractivity contribution in [3.63, 3.8) is 0 Å². The van der Waals surface area contributed by atoms with Gasteiger partial charge >= 0.3 is 0 Å². The van der Waals surface area contributed by atoms with Crippen LogP contribution >= 0.6 is 0 Å². The van der Waals surface area contributed by atoms with Crippen LogP contribution < -0.4 is 5.32 Å². The van der Waals surface area contributed by atoms with E-state index in [2.05, 4.69) is 53.6 Å². The molecule has 1 aliphatic heterocycles. The molecular formula is C17H17N3. The van der Waals surface area contributed by atoms with E-state index in [-0.39, 0.29) is 0 Å². The Morgan fingerprint density at radius 3 is 3.00 bits per heavy atom. The summed E-state index contributed by atoms with van der Waals surface area (Å²) in [5.74, 6) is 0.950. The van der Waals surface area contributed by atoms with E-state index in [0.717, 1.165) is 35.4 Å².